The van der Waals surface area contributed by atoms with Gasteiger partial charge in [0.2, 0.25) is 0 Å². The monoisotopic (exact) mass is 489 g/mol. The largest absolute Gasteiger partial charge is 0.492 e. The summed E-state index contributed by atoms with van der Waals surface area (Å²) in [5, 5.41) is 14.3. The minimum atomic E-state index is -0.172. The summed E-state index contributed by atoms with van der Waals surface area (Å²) in [6.07, 6.45) is 4.89. The van der Waals surface area contributed by atoms with Crippen LogP contribution in [0, 0.1) is 11.8 Å². The van der Waals surface area contributed by atoms with Crippen LogP contribution in [0.5, 0.6) is 5.75 Å². The van der Waals surface area contributed by atoms with Crippen molar-refractivity contribution in [1.29, 1.82) is 0 Å². The number of piperidine rings is 1. The van der Waals surface area contributed by atoms with Gasteiger partial charge in [-0.3, -0.25) is 4.90 Å². The van der Waals surface area contributed by atoms with Gasteiger partial charge in [0.15, 0.2) is 0 Å². The number of hydrogen-bond acceptors (Lipinski definition) is 6. The Morgan fingerprint density at radius 3 is 2.57 bits per heavy atom. The molecule has 1 aromatic heterocycles. The zero-order valence-corrected chi connectivity index (χ0v) is 20.4. The Morgan fingerprint density at radius 1 is 1.09 bits per heavy atom. The molecule has 7 heteroatoms. The summed E-state index contributed by atoms with van der Waals surface area (Å²) in [6, 6.07) is 17.3. The number of aliphatic hydroxyl groups excluding tert-OH is 1. The highest BCUT2D eigenvalue weighted by Gasteiger charge is 2.16. The van der Waals surface area contributed by atoms with E-state index in [0.29, 0.717) is 17.3 Å². The molecule has 1 aliphatic heterocycles. The van der Waals surface area contributed by atoms with Crippen molar-refractivity contribution >= 4 is 17.8 Å². The zero-order valence-electron chi connectivity index (χ0n) is 19.7. The van der Waals surface area contributed by atoms with Crippen LogP contribution in [-0.2, 0) is 4.84 Å². The van der Waals surface area contributed by atoms with E-state index in [2.05, 4.69) is 26.9 Å². The number of hydrogen-bond donors (Lipinski definition) is 1. The van der Waals surface area contributed by atoms with Crippen LogP contribution in [0.4, 0.5) is 0 Å². The zero-order chi connectivity index (χ0) is 24.5. The van der Waals surface area contributed by atoms with Crippen LogP contribution < -0.4 is 4.74 Å². The Labute approximate surface area is 211 Å². The third-order valence-electron chi connectivity index (χ3n) is 5.81. The van der Waals surface area contributed by atoms with E-state index in [1.165, 1.54) is 7.11 Å². The Bertz CT molecular complexity index is 1190. The molecule has 1 saturated heterocycles. The summed E-state index contributed by atoms with van der Waals surface area (Å²) in [6.45, 7) is 3.16. The van der Waals surface area contributed by atoms with E-state index in [1.54, 1.807) is 6.21 Å². The second-order valence-corrected chi connectivity index (χ2v) is 8.72. The minimum Gasteiger partial charge on any atom is -0.492 e. The molecule has 0 unspecified atom stereocenters. The Morgan fingerprint density at radius 2 is 1.86 bits per heavy atom. The molecular formula is C28H28ClN3O3. The highest BCUT2D eigenvalue weighted by molar-refractivity contribution is 6.30. The highest BCUT2D eigenvalue weighted by atomic mass is 35.5. The van der Waals surface area contributed by atoms with E-state index in [9.17, 15) is 5.11 Å². The van der Waals surface area contributed by atoms with E-state index >= 15 is 0 Å². The molecule has 6 nitrogen and oxygen atoms in total. The maximum absolute atomic E-state index is 9.66. The molecule has 0 atom stereocenters. The number of nitrogens with zero attached hydrogens (tertiary/aromatic N) is 3. The molecular weight excluding hydrogens is 462 g/mol. The van der Waals surface area contributed by atoms with Crippen molar-refractivity contribution in [1.82, 2.24) is 9.88 Å². The standard InChI is InChI=1S/C28H28ClN3O3/c1-34-31-20-24-18-21(3-11-28(24)35-17-16-32-14-12-27(33)13-15-32)2-9-26-10-6-23(19-30-26)22-4-7-25(29)8-5-22/h3-8,10-11,18-20,27,33H,12-17H2,1H3. The van der Waals surface area contributed by atoms with Crippen LogP contribution in [-0.4, -0.2) is 60.7 Å². The lowest BCUT2D eigenvalue weighted by Crippen LogP contribution is -2.38. The second-order valence-electron chi connectivity index (χ2n) is 8.28. The summed E-state index contributed by atoms with van der Waals surface area (Å²) in [7, 11) is 1.50. The molecule has 1 N–H and O–H groups in total. The molecule has 35 heavy (non-hydrogen) atoms. The molecule has 0 bridgehead atoms. The van der Waals surface area contributed by atoms with Crippen molar-refractivity contribution in [3.63, 3.8) is 0 Å². The average molecular weight is 490 g/mol. The highest BCUT2D eigenvalue weighted by Crippen LogP contribution is 2.21. The van der Waals surface area contributed by atoms with Gasteiger partial charge in [0, 0.05) is 47.5 Å². The van der Waals surface area contributed by atoms with Gasteiger partial charge >= 0.3 is 0 Å². The van der Waals surface area contributed by atoms with Gasteiger partial charge in [-0.25, -0.2) is 4.98 Å². The molecule has 1 aliphatic rings. The van der Waals surface area contributed by atoms with E-state index < -0.39 is 0 Å². The molecule has 0 amide bonds. The summed E-state index contributed by atoms with van der Waals surface area (Å²) >= 11 is 5.97. The first kappa shape index (κ1) is 24.7. The number of halogens is 1. The van der Waals surface area contributed by atoms with E-state index in [-0.39, 0.29) is 6.10 Å². The number of rotatable bonds is 7. The number of oxime groups is 1. The van der Waals surface area contributed by atoms with Crippen molar-refractivity contribution in [2.24, 2.45) is 5.16 Å². The van der Waals surface area contributed by atoms with Crippen molar-refractivity contribution in [2.75, 3.05) is 33.4 Å². The number of ether oxygens (including phenoxy) is 1. The molecule has 2 aromatic carbocycles. The third-order valence-corrected chi connectivity index (χ3v) is 6.06. The molecule has 1 fully saturated rings. The van der Waals surface area contributed by atoms with Gasteiger partial charge in [-0.2, -0.15) is 0 Å². The van der Waals surface area contributed by atoms with Gasteiger partial charge in [-0.05, 0) is 60.7 Å². The third kappa shape index (κ3) is 7.30. The number of likely N-dealkylation sites (tertiary alicyclic amines) is 1. The van der Waals surface area contributed by atoms with Gasteiger partial charge in [-0.15, -0.1) is 0 Å². The predicted octanol–water partition coefficient (Wildman–Crippen LogP) is 4.62. The predicted molar refractivity (Wildman–Crippen MR) is 139 cm³/mol. The fourth-order valence-electron chi connectivity index (χ4n) is 3.81. The second kappa shape index (κ2) is 12.4. The maximum Gasteiger partial charge on any atom is 0.128 e. The van der Waals surface area contributed by atoms with Crippen LogP contribution in [0.2, 0.25) is 5.02 Å². The van der Waals surface area contributed by atoms with Crippen molar-refractivity contribution in [2.45, 2.75) is 18.9 Å². The lowest BCUT2D eigenvalue weighted by molar-refractivity contribution is 0.0755. The van der Waals surface area contributed by atoms with Crippen LogP contribution in [0.15, 0.2) is 65.9 Å². The Hall–Kier alpha value is -3.37. The van der Waals surface area contributed by atoms with Gasteiger partial charge in [-0.1, -0.05) is 40.9 Å². The molecule has 0 aliphatic carbocycles. The van der Waals surface area contributed by atoms with Gasteiger partial charge in [0.1, 0.15) is 25.2 Å². The van der Waals surface area contributed by atoms with Crippen LogP contribution in [0.25, 0.3) is 11.1 Å². The number of aliphatic hydroxyl groups is 1. The lowest BCUT2D eigenvalue weighted by Gasteiger charge is -2.29. The average Bonchev–Trinajstić information content (AvgIpc) is 2.89. The maximum atomic E-state index is 9.66. The lowest BCUT2D eigenvalue weighted by atomic mass is 10.1. The summed E-state index contributed by atoms with van der Waals surface area (Å²) in [5.74, 6) is 7.00. The summed E-state index contributed by atoms with van der Waals surface area (Å²) in [5.41, 5.74) is 4.36. The molecule has 0 saturated carbocycles. The van der Waals surface area contributed by atoms with Crippen molar-refractivity contribution in [3.8, 4) is 28.7 Å². The Kier molecular flexibility index (Phi) is 8.74. The van der Waals surface area contributed by atoms with Gasteiger partial charge in [0.05, 0.1) is 12.3 Å². The first-order valence-electron chi connectivity index (χ1n) is 11.6. The first-order valence-corrected chi connectivity index (χ1v) is 12.0. The topological polar surface area (TPSA) is 67.2 Å². The summed E-state index contributed by atoms with van der Waals surface area (Å²) in [4.78, 5) is 11.6. The smallest absolute Gasteiger partial charge is 0.128 e. The van der Waals surface area contributed by atoms with E-state index in [4.69, 9.17) is 21.2 Å². The molecule has 180 valence electrons. The molecule has 4 rings (SSSR count). The van der Waals surface area contributed by atoms with Crippen LogP contribution in [0.1, 0.15) is 29.7 Å². The molecule has 0 radical (unpaired) electrons. The number of benzene rings is 2. The fourth-order valence-corrected chi connectivity index (χ4v) is 3.94. The van der Waals surface area contributed by atoms with Gasteiger partial charge in [0.25, 0.3) is 0 Å². The van der Waals surface area contributed by atoms with Crippen molar-refractivity contribution < 1.29 is 14.7 Å². The van der Waals surface area contributed by atoms with E-state index in [1.807, 2.05) is 60.8 Å². The van der Waals surface area contributed by atoms with Crippen LogP contribution >= 0.6 is 11.6 Å². The molecule has 3 aromatic rings. The van der Waals surface area contributed by atoms with Gasteiger partial charge < -0.3 is 14.7 Å². The Balaban J connectivity index is 1.41. The first-order chi connectivity index (χ1) is 17.1. The summed E-state index contributed by atoms with van der Waals surface area (Å²) < 4.78 is 6.02. The molecule has 0 spiro atoms. The number of aromatic nitrogens is 1. The fraction of sp³-hybridized carbons (Fsp3) is 0.286. The minimum absolute atomic E-state index is 0.172. The van der Waals surface area contributed by atoms with E-state index in [0.717, 1.165) is 60.5 Å². The molecule has 2 heterocycles. The van der Waals surface area contributed by atoms with Crippen molar-refractivity contribution in [3.05, 3.63) is 82.6 Å². The normalized spacial score (nSPS) is 14.5. The quantitative estimate of drug-likeness (QED) is 0.298. The SMILES string of the molecule is CON=Cc1cc(C#Cc2ccc(-c3ccc(Cl)cc3)cn2)ccc1OCCN1CCC(O)CC1. The number of pyridine rings is 1. The van der Waals surface area contributed by atoms with Crippen LogP contribution in [0.3, 0.4) is 0 Å².